The van der Waals surface area contributed by atoms with Crippen LogP contribution in [0.15, 0.2) is 176 Å². The minimum Gasteiger partial charge on any atom is -0.461 e. The maximum absolute atomic E-state index is 12.6. The lowest BCUT2D eigenvalue weighted by molar-refractivity contribution is 0.0517. The first kappa shape index (κ1) is 71.3. The van der Waals surface area contributed by atoms with E-state index in [-0.39, 0.29) is 55.0 Å². The van der Waals surface area contributed by atoms with Gasteiger partial charge in [0.2, 0.25) is 40.1 Å². The van der Waals surface area contributed by atoms with Crippen LogP contribution in [0.3, 0.4) is 0 Å². The average Bonchev–Trinajstić information content (AvgIpc) is 1.60. The van der Waals surface area contributed by atoms with Gasteiger partial charge in [-0.05, 0) is 160 Å². The van der Waals surface area contributed by atoms with Crippen LogP contribution in [0.2, 0.25) is 0 Å². The number of hydrogen-bond acceptors (Lipinski definition) is 19. The Labute approximate surface area is 578 Å². The number of fused-ring (bicyclic) bond motifs is 8. The van der Waals surface area contributed by atoms with Crippen molar-refractivity contribution in [2.45, 2.75) is 103 Å². The summed E-state index contributed by atoms with van der Waals surface area (Å²) in [7, 11) is -16.3. The molecule has 0 saturated carbocycles. The summed E-state index contributed by atoms with van der Waals surface area (Å²) in [6.45, 7) is 9.11. The number of nitrogens with two attached hydrogens (primary N) is 4. The Hall–Kier alpha value is -10.0. The molecule has 0 radical (unpaired) electrons. The number of ether oxygens (including phenoxy) is 1. The number of rotatable bonds is 13. The Kier molecular flexibility index (Phi) is 20.2. The number of ketones is 3. The first-order valence-electron chi connectivity index (χ1n) is 31.0. The third kappa shape index (κ3) is 14.8. The fourth-order valence-corrected chi connectivity index (χ4v) is 15.4. The van der Waals surface area contributed by atoms with E-state index in [4.69, 9.17) is 25.3 Å². The summed E-state index contributed by atoms with van der Waals surface area (Å²) < 4.78 is 116. The molecule has 27 nitrogen and oxygen atoms in total. The number of hydrogen-bond donors (Lipinski definition) is 5. The number of aromatic nitrogens is 8. The van der Waals surface area contributed by atoms with E-state index in [1.165, 1.54) is 69.3 Å². The van der Waals surface area contributed by atoms with Gasteiger partial charge in [-0.1, -0.05) is 49.4 Å². The lowest BCUT2D eigenvalue weighted by Crippen LogP contribution is -2.15. The SMILES string of the molecule is CC(=O)c1nn(-c2ccc(S(N)(=O)=O)cc2)c2c1CC(C)CC2.CC(=O)c1nn(-c2ccc(S(N)(=O)=O)cc2)c2c1CNc1ccccc1-2.CC(=O)c1nn(-c2ccc(S(N)(=O)=O)cc2)c2c1CS(=O)c1ccccc1-2.CCOC(=O)c1nn(-c2ccc(S(N)(=O)=O)cc2)c2c1CCC=C2. The van der Waals surface area contributed by atoms with Crippen molar-refractivity contribution in [3.05, 3.63) is 208 Å². The number of primary sulfonamides is 4. The Morgan fingerprint density at radius 1 is 0.520 bits per heavy atom. The van der Waals surface area contributed by atoms with Gasteiger partial charge in [0.15, 0.2) is 23.0 Å². The van der Waals surface area contributed by atoms with E-state index in [0.717, 1.165) is 82.0 Å². The van der Waals surface area contributed by atoms with Crippen LogP contribution in [0.1, 0.15) is 123 Å². The van der Waals surface area contributed by atoms with E-state index < -0.39 is 56.9 Å². The lowest BCUT2D eigenvalue weighted by atomic mass is 9.87. The Morgan fingerprint density at radius 3 is 1.43 bits per heavy atom. The molecule has 9 N–H and O–H groups in total. The molecule has 0 fully saturated rings. The standard InChI is InChI=1S/C18H16N4O3S.C18H15N3O4S2.C16H17N3O4S.C16H19N3O3S/c1-11(23)17-15-10-20-16-5-3-2-4-14(16)18(15)22(21-17)12-6-8-13(9-7-12)26(19,24)25;1-11(22)17-15-10-26(23)16-5-3-2-4-14(16)18(15)21(20-17)12-6-8-13(9-7-12)27(19,24)25;1-2-23-16(20)15-13-5-3-4-6-14(13)19(18-15)11-7-9-12(10-8-11)24(17,21)22;1-10-3-8-15-14(9-10)16(11(2)20)18-19(15)12-4-6-13(7-5-12)23(17,21)22/h2-9,20H,10H2,1H3,(H2,19,24,25);2-9H,10H2,1H3,(H2,19,24,25);4,6-10H,2-3,5H2,1H3,(H2,17,21,22);4-7,10H,3,8-9H2,1-2H3,(H2,17,21,22). The first-order valence-corrected chi connectivity index (χ1v) is 38.5. The first-order chi connectivity index (χ1) is 47.3. The van der Waals surface area contributed by atoms with Crippen LogP contribution in [0.4, 0.5) is 5.69 Å². The van der Waals surface area contributed by atoms with Crippen molar-refractivity contribution in [2.24, 2.45) is 26.5 Å². The van der Waals surface area contributed by atoms with E-state index in [0.29, 0.717) is 69.2 Å². The van der Waals surface area contributed by atoms with Crippen LogP contribution >= 0.6 is 0 Å². The van der Waals surface area contributed by atoms with E-state index in [2.05, 4.69) is 32.6 Å². The molecule has 2 aliphatic heterocycles. The predicted octanol–water partition coefficient (Wildman–Crippen LogP) is 7.83. The van der Waals surface area contributed by atoms with Gasteiger partial charge in [0.25, 0.3) is 0 Å². The number of benzene rings is 6. The molecule has 0 saturated heterocycles. The molecule has 14 rings (SSSR count). The minimum absolute atomic E-state index is 0.0134. The zero-order chi connectivity index (χ0) is 71.9. The molecule has 10 aromatic rings. The number of carbonyl (C=O) groups excluding carboxylic acids is 4. The Morgan fingerprint density at radius 2 is 0.940 bits per heavy atom. The van der Waals surface area contributed by atoms with Gasteiger partial charge in [0.05, 0.1) is 82.6 Å². The molecule has 0 spiro atoms. The van der Waals surface area contributed by atoms with Gasteiger partial charge in [-0.3, -0.25) is 18.6 Å². The largest absolute Gasteiger partial charge is 0.461 e. The van der Waals surface area contributed by atoms with E-state index in [9.17, 15) is 57.1 Å². The maximum Gasteiger partial charge on any atom is 0.359 e. The second kappa shape index (κ2) is 28.3. The Bertz CT molecular complexity index is 5470. The molecular formula is C68H67N13O14S5. The van der Waals surface area contributed by atoms with Gasteiger partial charge < -0.3 is 10.1 Å². The second-order valence-electron chi connectivity index (χ2n) is 23.7. The van der Waals surface area contributed by atoms with Crippen molar-refractivity contribution < 1.29 is 61.8 Å². The lowest BCUT2D eigenvalue weighted by Gasteiger charge is -2.20. The van der Waals surface area contributed by atoms with Gasteiger partial charge in [0.1, 0.15) is 17.1 Å². The topological polar surface area (TPSA) is 419 Å². The van der Waals surface area contributed by atoms with Gasteiger partial charge >= 0.3 is 5.97 Å². The van der Waals surface area contributed by atoms with Gasteiger partial charge in [-0.2, -0.15) is 20.4 Å². The maximum atomic E-state index is 12.6. The fraction of sp³-hybridized carbons (Fsp3) is 0.206. The van der Waals surface area contributed by atoms with Crippen LogP contribution in [0.25, 0.3) is 51.3 Å². The minimum atomic E-state index is -3.81. The quantitative estimate of drug-likeness (QED) is 0.0542. The molecule has 2 atom stereocenters. The molecule has 6 heterocycles. The molecule has 0 bridgehead atoms. The van der Waals surface area contributed by atoms with Crippen molar-refractivity contribution in [3.63, 3.8) is 0 Å². The monoisotopic (exact) mass is 1450 g/mol. The van der Waals surface area contributed by atoms with Crippen molar-refractivity contribution in [1.82, 2.24) is 39.1 Å². The smallest absolute Gasteiger partial charge is 0.359 e. The summed E-state index contributed by atoms with van der Waals surface area (Å²) in [5, 5.41) is 41.6. The number of sulfonamides is 4. The molecule has 4 aromatic heterocycles. The molecule has 2 unspecified atom stereocenters. The molecular weight excluding hydrogens is 1380 g/mol. The molecule has 100 heavy (non-hydrogen) atoms. The molecule has 0 amide bonds. The number of para-hydroxylation sites is 1. The molecule has 6 aromatic carbocycles. The van der Waals surface area contributed by atoms with Gasteiger partial charge in [-0.25, -0.2) is 77.7 Å². The van der Waals surface area contributed by atoms with Gasteiger partial charge in [-0.15, -0.1) is 0 Å². The van der Waals surface area contributed by atoms with Crippen LogP contribution in [-0.2, 0) is 87.2 Å². The van der Waals surface area contributed by atoms with Crippen molar-refractivity contribution >= 4 is 86.0 Å². The summed E-state index contributed by atoms with van der Waals surface area (Å²) in [6.07, 6.45) is 8.19. The number of allylic oxidation sites excluding steroid dienone is 1. The molecule has 4 aliphatic rings. The molecule has 32 heteroatoms. The van der Waals surface area contributed by atoms with Gasteiger partial charge in [0, 0.05) is 77.0 Å². The van der Waals surface area contributed by atoms with Crippen LogP contribution < -0.4 is 25.9 Å². The number of esters is 1. The average molecular weight is 1450 g/mol. The highest BCUT2D eigenvalue weighted by Gasteiger charge is 2.33. The number of Topliss-reactive ketones (excluding diaryl/α,β-unsaturated/α-hetero) is 3. The zero-order valence-corrected chi connectivity index (χ0v) is 58.5. The summed E-state index contributed by atoms with van der Waals surface area (Å²) in [5.74, 6) is -0.108. The van der Waals surface area contributed by atoms with E-state index in [1.54, 1.807) is 80.2 Å². The van der Waals surface area contributed by atoms with Crippen LogP contribution in [-0.4, -0.2) is 107 Å². The summed E-state index contributed by atoms with van der Waals surface area (Å²) >= 11 is 0. The second-order valence-corrected chi connectivity index (χ2v) is 31.4. The number of carbonyl (C=O) groups is 4. The predicted molar refractivity (Wildman–Crippen MR) is 373 cm³/mol. The molecule has 518 valence electrons. The third-order valence-electron chi connectivity index (χ3n) is 16.8. The highest BCUT2D eigenvalue weighted by atomic mass is 32.2. The summed E-state index contributed by atoms with van der Waals surface area (Å²) in [5.41, 5.74) is 13.4. The van der Waals surface area contributed by atoms with Crippen molar-refractivity contribution in [1.29, 1.82) is 0 Å². The van der Waals surface area contributed by atoms with Crippen LogP contribution in [0.5, 0.6) is 0 Å². The van der Waals surface area contributed by atoms with E-state index in [1.807, 2.05) is 54.6 Å². The Balaban J connectivity index is 0.000000135. The highest BCUT2D eigenvalue weighted by molar-refractivity contribution is 7.90. The normalized spacial score (nSPS) is 15.0. The van der Waals surface area contributed by atoms with Crippen molar-refractivity contribution in [2.75, 3.05) is 11.9 Å². The fourth-order valence-electron chi connectivity index (χ4n) is 12.1. The van der Waals surface area contributed by atoms with E-state index >= 15 is 0 Å². The van der Waals surface area contributed by atoms with Crippen LogP contribution in [0, 0.1) is 5.92 Å². The third-order valence-corrected chi connectivity index (χ3v) is 21.9. The summed E-state index contributed by atoms with van der Waals surface area (Å²) in [6, 6.07) is 39.4. The highest BCUT2D eigenvalue weighted by Crippen LogP contribution is 2.41. The number of nitrogens with one attached hydrogen (secondary N) is 1. The summed E-state index contributed by atoms with van der Waals surface area (Å²) in [4.78, 5) is 48.9. The number of anilines is 1. The molecule has 2 aliphatic carbocycles. The number of nitrogens with zero attached hydrogens (tertiary/aromatic N) is 8. The zero-order valence-electron chi connectivity index (χ0n) is 54.4. The van der Waals surface area contributed by atoms with Crippen molar-refractivity contribution in [3.8, 4) is 45.3 Å².